The minimum Gasteiger partial charge on any atom is -0.477 e. The zero-order valence-electron chi connectivity index (χ0n) is 11.9. The Labute approximate surface area is 122 Å². The Kier molecular flexibility index (Phi) is 3.22. The van der Waals surface area contributed by atoms with Crippen LogP contribution >= 0.6 is 0 Å². The Hall–Kier alpha value is -2.62. The van der Waals surface area contributed by atoms with Crippen LogP contribution in [0.2, 0.25) is 0 Å². The zero-order chi connectivity index (χ0) is 15.0. The van der Waals surface area contributed by atoms with E-state index in [9.17, 15) is 9.90 Å². The second kappa shape index (κ2) is 5.05. The number of hydrogen-bond acceptors (Lipinski definition) is 2. The number of benzene rings is 1. The molecular weight excluding hydrogens is 264 g/mol. The van der Waals surface area contributed by atoms with Crippen molar-refractivity contribution in [2.75, 3.05) is 0 Å². The minimum atomic E-state index is -0.959. The third-order valence-electron chi connectivity index (χ3n) is 3.58. The molecule has 2 aromatic heterocycles. The van der Waals surface area contributed by atoms with Gasteiger partial charge >= 0.3 is 5.97 Å². The number of pyridine rings is 1. The summed E-state index contributed by atoms with van der Waals surface area (Å²) in [5, 5.41) is 9.21. The lowest BCUT2D eigenvalue weighted by Crippen LogP contribution is -2.03. The molecule has 4 heteroatoms. The van der Waals surface area contributed by atoms with Gasteiger partial charge in [0.05, 0.1) is 5.69 Å². The summed E-state index contributed by atoms with van der Waals surface area (Å²) in [5.41, 5.74) is 3.88. The number of aromatic nitrogens is 2. The Bertz CT molecular complexity index is 801. The lowest BCUT2D eigenvalue weighted by molar-refractivity contribution is 0.0689. The molecule has 0 fully saturated rings. The lowest BCUT2D eigenvalue weighted by Gasteiger charge is -2.05. The van der Waals surface area contributed by atoms with Crippen LogP contribution < -0.4 is 0 Å². The first kappa shape index (κ1) is 13.4. The Balaban J connectivity index is 2.09. The number of rotatable bonds is 3. The molecule has 0 saturated carbocycles. The van der Waals surface area contributed by atoms with Crippen LogP contribution in [0.1, 0.15) is 35.8 Å². The van der Waals surface area contributed by atoms with Crippen LogP contribution in [0.3, 0.4) is 0 Å². The highest BCUT2D eigenvalue weighted by atomic mass is 16.4. The Morgan fingerprint density at radius 2 is 1.86 bits per heavy atom. The number of aromatic carboxylic acids is 1. The van der Waals surface area contributed by atoms with E-state index in [0.29, 0.717) is 11.6 Å². The van der Waals surface area contributed by atoms with E-state index >= 15 is 0 Å². The van der Waals surface area contributed by atoms with Gasteiger partial charge in [-0.15, -0.1) is 0 Å². The maximum atomic E-state index is 11.2. The highest BCUT2D eigenvalue weighted by Gasteiger charge is 2.11. The smallest absolute Gasteiger partial charge is 0.352 e. The highest BCUT2D eigenvalue weighted by Crippen LogP contribution is 2.23. The summed E-state index contributed by atoms with van der Waals surface area (Å²) in [6.45, 7) is 4.30. The van der Waals surface area contributed by atoms with Gasteiger partial charge in [-0.3, -0.25) is 4.40 Å². The third kappa shape index (κ3) is 2.40. The molecule has 3 aromatic rings. The molecule has 4 nitrogen and oxygen atoms in total. The van der Waals surface area contributed by atoms with Crippen molar-refractivity contribution < 1.29 is 9.90 Å². The standard InChI is InChI=1S/C17H16N2O2/c1-11(2)12-6-8-13(9-7-12)14-10-19-15(17(20)21)4-3-5-16(19)18-14/h3-11H,1-2H3,(H,20,21). The predicted molar refractivity (Wildman–Crippen MR) is 81.7 cm³/mol. The first-order chi connectivity index (χ1) is 10.1. The van der Waals surface area contributed by atoms with Gasteiger partial charge in [-0.2, -0.15) is 0 Å². The van der Waals surface area contributed by atoms with Crippen molar-refractivity contribution in [1.29, 1.82) is 0 Å². The number of hydrogen-bond donors (Lipinski definition) is 1. The second-order valence-corrected chi connectivity index (χ2v) is 5.35. The van der Waals surface area contributed by atoms with Crippen LogP contribution in [0.4, 0.5) is 0 Å². The number of imidazole rings is 1. The molecule has 0 bridgehead atoms. The van der Waals surface area contributed by atoms with E-state index in [1.165, 1.54) is 5.56 Å². The average Bonchev–Trinajstić information content (AvgIpc) is 2.90. The number of fused-ring (bicyclic) bond motifs is 1. The molecule has 0 aliphatic heterocycles. The molecule has 106 valence electrons. The number of carbonyl (C=O) groups is 1. The van der Waals surface area contributed by atoms with Crippen LogP contribution in [-0.2, 0) is 0 Å². The molecule has 0 amide bonds. The molecule has 0 aliphatic rings. The monoisotopic (exact) mass is 280 g/mol. The highest BCUT2D eigenvalue weighted by molar-refractivity contribution is 5.87. The van der Waals surface area contributed by atoms with Gasteiger partial charge in [0.1, 0.15) is 11.3 Å². The fourth-order valence-electron chi connectivity index (χ4n) is 2.36. The first-order valence-corrected chi connectivity index (χ1v) is 6.88. The number of carboxylic acid groups (broad SMARTS) is 1. The van der Waals surface area contributed by atoms with E-state index in [1.807, 2.05) is 12.1 Å². The largest absolute Gasteiger partial charge is 0.477 e. The lowest BCUT2D eigenvalue weighted by atomic mass is 10.0. The van der Waals surface area contributed by atoms with Crippen LogP contribution in [0, 0.1) is 0 Å². The van der Waals surface area contributed by atoms with E-state index in [-0.39, 0.29) is 5.69 Å². The quantitative estimate of drug-likeness (QED) is 0.793. The number of nitrogens with zero attached hydrogens (tertiary/aromatic N) is 2. The molecule has 1 aromatic carbocycles. The van der Waals surface area contributed by atoms with Gasteiger partial charge < -0.3 is 5.11 Å². The average molecular weight is 280 g/mol. The van der Waals surface area contributed by atoms with Crippen LogP contribution in [0.5, 0.6) is 0 Å². The van der Waals surface area contributed by atoms with E-state index in [4.69, 9.17) is 0 Å². The SMILES string of the molecule is CC(C)c1ccc(-c2cn3c(C(=O)O)cccc3n2)cc1. The fourth-order valence-corrected chi connectivity index (χ4v) is 2.36. The van der Waals surface area contributed by atoms with Gasteiger partial charge in [-0.1, -0.05) is 44.2 Å². The molecule has 1 N–H and O–H groups in total. The Morgan fingerprint density at radius 1 is 1.14 bits per heavy atom. The molecule has 0 atom stereocenters. The van der Waals surface area contributed by atoms with Crippen LogP contribution in [0.25, 0.3) is 16.9 Å². The van der Waals surface area contributed by atoms with Gasteiger partial charge in [0.15, 0.2) is 0 Å². The summed E-state index contributed by atoms with van der Waals surface area (Å²) < 4.78 is 1.61. The van der Waals surface area contributed by atoms with E-state index in [0.717, 1.165) is 11.3 Å². The van der Waals surface area contributed by atoms with E-state index < -0.39 is 5.97 Å². The van der Waals surface area contributed by atoms with Crippen molar-refractivity contribution in [3.8, 4) is 11.3 Å². The van der Waals surface area contributed by atoms with Gasteiger partial charge in [0.25, 0.3) is 0 Å². The van der Waals surface area contributed by atoms with Crippen LogP contribution in [0.15, 0.2) is 48.7 Å². The van der Waals surface area contributed by atoms with Crippen molar-refractivity contribution in [3.05, 3.63) is 59.9 Å². The molecule has 0 aliphatic carbocycles. The normalized spacial score (nSPS) is 11.2. The molecular formula is C17H16N2O2. The maximum Gasteiger partial charge on any atom is 0.352 e. The third-order valence-corrected chi connectivity index (χ3v) is 3.58. The van der Waals surface area contributed by atoms with Gasteiger partial charge in [0, 0.05) is 11.8 Å². The minimum absolute atomic E-state index is 0.213. The van der Waals surface area contributed by atoms with Crippen molar-refractivity contribution in [1.82, 2.24) is 9.38 Å². The van der Waals surface area contributed by atoms with Gasteiger partial charge in [-0.05, 0) is 23.6 Å². The summed E-state index contributed by atoms with van der Waals surface area (Å²) in [6, 6.07) is 13.3. The molecule has 0 radical (unpaired) electrons. The molecule has 0 saturated heterocycles. The topological polar surface area (TPSA) is 54.6 Å². The molecule has 0 unspecified atom stereocenters. The van der Waals surface area contributed by atoms with E-state index in [2.05, 4.69) is 31.0 Å². The van der Waals surface area contributed by atoms with Crippen molar-refractivity contribution in [3.63, 3.8) is 0 Å². The molecule has 0 spiro atoms. The molecule has 2 heterocycles. The van der Waals surface area contributed by atoms with Crippen molar-refractivity contribution in [2.24, 2.45) is 0 Å². The summed E-state index contributed by atoms with van der Waals surface area (Å²) >= 11 is 0. The Morgan fingerprint density at radius 3 is 2.48 bits per heavy atom. The zero-order valence-corrected chi connectivity index (χ0v) is 11.9. The predicted octanol–water partition coefficient (Wildman–Crippen LogP) is 3.82. The molecule has 21 heavy (non-hydrogen) atoms. The van der Waals surface area contributed by atoms with Gasteiger partial charge in [0.2, 0.25) is 0 Å². The van der Waals surface area contributed by atoms with Crippen LogP contribution in [-0.4, -0.2) is 20.5 Å². The number of carboxylic acids is 1. The van der Waals surface area contributed by atoms with Crippen molar-refractivity contribution in [2.45, 2.75) is 19.8 Å². The summed E-state index contributed by atoms with van der Waals surface area (Å²) in [4.78, 5) is 15.7. The van der Waals surface area contributed by atoms with E-state index in [1.54, 1.807) is 28.8 Å². The summed E-state index contributed by atoms with van der Waals surface area (Å²) in [6.07, 6.45) is 1.77. The summed E-state index contributed by atoms with van der Waals surface area (Å²) in [7, 11) is 0. The van der Waals surface area contributed by atoms with Crippen molar-refractivity contribution >= 4 is 11.6 Å². The van der Waals surface area contributed by atoms with Gasteiger partial charge in [-0.25, -0.2) is 9.78 Å². The summed E-state index contributed by atoms with van der Waals surface area (Å²) in [5.74, 6) is -0.474. The second-order valence-electron chi connectivity index (χ2n) is 5.35. The maximum absolute atomic E-state index is 11.2. The molecule has 3 rings (SSSR count). The first-order valence-electron chi connectivity index (χ1n) is 6.88. The fraction of sp³-hybridized carbons (Fsp3) is 0.176.